The first-order chi connectivity index (χ1) is 27.0. The summed E-state index contributed by atoms with van der Waals surface area (Å²) in [5.41, 5.74) is 27.7. The molecule has 0 aromatic heterocycles. The molecule has 0 saturated carbocycles. The van der Waals surface area contributed by atoms with E-state index in [-0.39, 0.29) is 81.9 Å². The van der Waals surface area contributed by atoms with Gasteiger partial charge in [-0.2, -0.15) is 0 Å². The van der Waals surface area contributed by atoms with Crippen LogP contribution >= 0.6 is 0 Å². The Morgan fingerprint density at radius 3 is 1.62 bits per heavy atom. The second-order valence-electron chi connectivity index (χ2n) is 15.4. The maximum atomic E-state index is 13.7. The molecule has 1 aliphatic heterocycles. The predicted octanol–water partition coefficient (Wildman–Crippen LogP) is -3.59. The summed E-state index contributed by atoms with van der Waals surface area (Å²) in [6.07, 6.45) is 0.352. The van der Waals surface area contributed by atoms with Gasteiger partial charge in [-0.25, -0.2) is 4.79 Å². The first-order valence-corrected chi connectivity index (χ1v) is 19.6. The normalized spacial score (nSPS) is 17.4. The van der Waals surface area contributed by atoms with Crippen LogP contribution in [-0.2, 0) is 33.6 Å². The second-order valence-corrected chi connectivity index (χ2v) is 15.4. The lowest BCUT2D eigenvalue weighted by atomic mass is 10.0. The van der Waals surface area contributed by atoms with Crippen LogP contribution < -0.4 is 55.3 Å². The number of carbonyl (C=O) groups is 7. The zero-order chi connectivity index (χ0) is 44.3. The maximum Gasteiger partial charge on any atom is 0.326 e. The smallest absolute Gasteiger partial charge is 0.326 e. The fraction of sp³-hybridized carbons (Fsp3) is 0.750. The van der Waals surface area contributed by atoms with Gasteiger partial charge in [-0.05, 0) is 77.0 Å². The molecule has 8 atom stereocenters. The molecule has 0 aliphatic carbocycles. The van der Waals surface area contributed by atoms with Gasteiger partial charge in [0.1, 0.15) is 36.3 Å². The Balaban J connectivity index is 3.21. The molecule has 0 unspecified atom stereocenters. The van der Waals surface area contributed by atoms with Crippen molar-refractivity contribution < 1.29 is 43.8 Å². The van der Waals surface area contributed by atoms with E-state index in [9.17, 15) is 43.8 Å². The molecule has 0 aromatic carbocycles. The summed E-state index contributed by atoms with van der Waals surface area (Å²) in [7, 11) is 0. The summed E-state index contributed by atoms with van der Waals surface area (Å²) in [4.78, 5) is 101. The van der Waals surface area contributed by atoms with Gasteiger partial charge >= 0.3 is 5.97 Å². The number of hydrogen-bond acceptors (Lipinski definition) is 11. The van der Waals surface area contributed by atoms with E-state index in [1.54, 1.807) is 0 Å². The molecule has 58 heavy (non-hydrogen) atoms. The third-order valence-corrected chi connectivity index (χ3v) is 9.18. The van der Waals surface area contributed by atoms with Crippen molar-refractivity contribution in [3.63, 3.8) is 0 Å². The number of nitrogens with two attached hydrogens (primary N) is 5. The molecule has 6 amide bonds. The number of aliphatic carboxylic acids is 1. The highest BCUT2D eigenvalue weighted by Crippen LogP contribution is 2.20. The largest absolute Gasteiger partial charge is 0.480 e. The molecule has 1 fully saturated rings. The molecule has 1 heterocycles. The Hall–Kier alpha value is -5.25. The van der Waals surface area contributed by atoms with Crippen LogP contribution in [0.2, 0.25) is 0 Å². The SMILES string of the molecule is CC(C)C[C@H](NC(=O)[C@@H](NC(=O)[C@H](C)NC(=O)[C@H](CCCN=C(N)N)NC(=O)[C@H](CCCN=C(N)N)NC(=O)[C@@H](N)CC(C)C)[C@@H](C)O)C(=O)N1CCC[C@H]1C(=O)O. The number of rotatable bonds is 25. The molecule has 17 N–H and O–H groups in total. The monoisotopic (exact) mass is 826 g/mol. The van der Waals surface area contributed by atoms with Crippen molar-refractivity contribution in [2.45, 2.75) is 141 Å². The van der Waals surface area contributed by atoms with Gasteiger partial charge in [-0.1, -0.05) is 27.7 Å². The van der Waals surface area contributed by atoms with Crippen molar-refractivity contribution in [1.29, 1.82) is 0 Å². The quantitative estimate of drug-likeness (QED) is 0.0241. The van der Waals surface area contributed by atoms with Crippen LogP contribution in [0, 0.1) is 11.8 Å². The molecule has 0 radical (unpaired) electrons. The summed E-state index contributed by atoms with van der Waals surface area (Å²) in [5, 5.41) is 32.9. The molecule has 1 saturated heterocycles. The third-order valence-electron chi connectivity index (χ3n) is 9.18. The number of amides is 6. The zero-order valence-corrected chi connectivity index (χ0v) is 34.5. The van der Waals surface area contributed by atoms with Crippen LogP contribution in [0.1, 0.15) is 92.9 Å². The Morgan fingerprint density at radius 2 is 1.16 bits per heavy atom. The molecule has 1 aliphatic rings. The number of carboxylic acids is 1. The Labute approximate surface area is 339 Å². The summed E-state index contributed by atoms with van der Waals surface area (Å²) in [5.74, 6) is -5.99. The third kappa shape index (κ3) is 18.3. The van der Waals surface area contributed by atoms with Gasteiger partial charge in [-0.15, -0.1) is 0 Å². The summed E-state index contributed by atoms with van der Waals surface area (Å²) in [6, 6.07) is -8.40. The van der Waals surface area contributed by atoms with Gasteiger partial charge in [0.25, 0.3) is 0 Å². The Kier molecular flexibility index (Phi) is 22.0. The number of hydrogen-bond donors (Lipinski definition) is 12. The molecule has 330 valence electrons. The minimum atomic E-state index is -1.58. The van der Waals surface area contributed by atoms with E-state index in [1.165, 1.54) is 18.7 Å². The highest BCUT2D eigenvalue weighted by Gasteiger charge is 2.39. The first-order valence-electron chi connectivity index (χ1n) is 19.6. The van der Waals surface area contributed by atoms with Crippen LogP contribution in [0.5, 0.6) is 0 Å². The van der Waals surface area contributed by atoms with Crippen LogP contribution in [0.3, 0.4) is 0 Å². The number of nitrogens with zero attached hydrogens (tertiary/aromatic N) is 3. The van der Waals surface area contributed by atoms with E-state index in [0.717, 1.165) is 0 Å². The van der Waals surface area contributed by atoms with Crippen molar-refractivity contribution in [3.8, 4) is 0 Å². The van der Waals surface area contributed by atoms with E-state index in [0.29, 0.717) is 12.8 Å². The number of carbonyl (C=O) groups excluding carboxylic acids is 6. The first kappa shape index (κ1) is 50.8. The van der Waals surface area contributed by atoms with Crippen molar-refractivity contribution in [1.82, 2.24) is 31.5 Å². The van der Waals surface area contributed by atoms with Crippen LogP contribution in [0.15, 0.2) is 9.98 Å². The molecule has 1 rings (SSSR count). The predicted molar refractivity (Wildman–Crippen MR) is 216 cm³/mol. The number of aliphatic hydroxyl groups is 1. The highest BCUT2D eigenvalue weighted by molar-refractivity contribution is 5.97. The van der Waals surface area contributed by atoms with E-state index in [2.05, 4.69) is 36.6 Å². The van der Waals surface area contributed by atoms with Gasteiger partial charge in [0.05, 0.1) is 12.1 Å². The van der Waals surface area contributed by atoms with Crippen LogP contribution in [0.25, 0.3) is 0 Å². The topological polar surface area (TPSA) is 378 Å². The number of guanidine groups is 2. The molecule has 0 bridgehead atoms. The lowest BCUT2D eigenvalue weighted by Gasteiger charge is -2.30. The average Bonchev–Trinajstić information content (AvgIpc) is 3.62. The molecular weight excluding hydrogens is 758 g/mol. The standard InChI is InChI=1S/C36H67N13O9/c1-18(2)16-22(37)29(52)45-24(11-8-14-43-36(40)41)31(54)46-23(10-7-13-42-35(38)39)30(53)44-20(5)28(51)48-27(21(6)50)32(55)47-25(17-19(3)4)33(56)49-15-9-12-26(49)34(57)58/h18-27,50H,7-17,37H2,1-6H3,(H,44,53)(H,45,52)(H,46,54)(H,47,55)(H,48,51)(H,57,58)(H4,38,39,42)(H4,40,41,43)/t20-,21+,22-,23-,24-,25-,26-,27-/m0/s1. The van der Waals surface area contributed by atoms with E-state index >= 15 is 0 Å². The van der Waals surface area contributed by atoms with Gasteiger partial charge in [0.15, 0.2) is 11.9 Å². The molecule has 0 spiro atoms. The maximum absolute atomic E-state index is 13.7. The molecule has 22 heteroatoms. The molecule has 22 nitrogen and oxygen atoms in total. The van der Waals surface area contributed by atoms with Gasteiger partial charge in [0, 0.05) is 19.6 Å². The van der Waals surface area contributed by atoms with E-state index in [1.807, 2.05) is 27.7 Å². The minimum absolute atomic E-state index is 0.00600. The van der Waals surface area contributed by atoms with Crippen molar-refractivity contribution in [2.75, 3.05) is 19.6 Å². The van der Waals surface area contributed by atoms with Crippen LogP contribution in [-0.4, -0.2) is 136 Å². The van der Waals surface area contributed by atoms with Gasteiger partial charge in [0.2, 0.25) is 35.4 Å². The number of likely N-dealkylation sites (tertiary alicyclic amines) is 1. The van der Waals surface area contributed by atoms with E-state index < -0.39 is 89.8 Å². The Bertz CT molecular complexity index is 1470. The molecule has 0 aromatic rings. The van der Waals surface area contributed by atoms with Gasteiger partial charge < -0.3 is 70.4 Å². The average molecular weight is 826 g/mol. The lowest BCUT2D eigenvalue weighted by Crippen LogP contribution is -2.61. The number of aliphatic hydroxyl groups excluding tert-OH is 1. The second kappa shape index (κ2) is 25.2. The summed E-state index contributed by atoms with van der Waals surface area (Å²) in [6.45, 7) is 10.4. The zero-order valence-electron chi connectivity index (χ0n) is 34.5. The van der Waals surface area contributed by atoms with Crippen molar-refractivity contribution in [2.24, 2.45) is 50.5 Å². The minimum Gasteiger partial charge on any atom is -0.480 e. The summed E-state index contributed by atoms with van der Waals surface area (Å²) < 4.78 is 0. The molecular formula is C36H67N13O9. The fourth-order valence-corrected chi connectivity index (χ4v) is 6.22. The highest BCUT2D eigenvalue weighted by atomic mass is 16.4. The van der Waals surface area contributed by atoms with Crippen LogP contribution in [0.4, 0.5) is 0 Å². The number of nitrogens with one attached hydrogen (secondary N) is 5. The van der Waals surface area contributed by atoms with Gasteiger partial charge in [-0.3, -0.25) is 38.8 Å². The van der Waals surface area contributed by atoms with Crippen molar-refractivity contribution in [3.05, 3.63) is 0 Å². The van der Waals surface area contributed by atoms with Crippen molar-refractivity contribution >= 4 is 53.3 Å². The number of aliphatic imine (C=N–C) groups is 2. The fourth-order valence-electron chi connectivity index (χ4n) is 6.22. The summed E-state index contributed by atoms with van der Waals surface area (Å²) >= 11 is 0. The van der Waals surface area contributed by atoms with E-state index in [4.69, 9.17) is 28.7 Å². The Morgan fingerprint density at radius 1 is 0.672 bits per heavy atom. The number of carboxylic acid groups (broad SMARTS) is 1. The lowest BCUT2D eigenvalue weighted by molar-refractivity contribution is -0.149.